The Balaban J connectivity index is 1.77. The van der Waals surface area contributed by atoms with Crippen molar-refractivity contribution in [3.8, 4) is 0 Å². The molecule has 0 aliphatic heterocycles. The Hall–Kier alpha value is -1.81. The average Bonchev–Trinajstić information content (AvgIpc) is 3.21. The van der Waals surface area contributed by atoms with Crippen molar-refractivity contribution in [1.29, 1.82) is 0 Å². The van der Waals surface area contributed by atoms with Crippen LogP contribution < -0.4 is 5.32 Å². The van der Waals surface area contributed by atoms with E-state index >= 15 is 0 Å². The number of nitrogens with one attached hydrogen (secondary N) is 1. The highest BCUT2D eigenvalue weighted by molar-refractivity contribution is 5.84. The van der Waals surface area contributed by atoms with E-state index in [-0.39, 0.29) is 18.4 Å². The minimum atomic E-state index is -0.659. The van der Waals surface area contributed by atoms with Crippen molar-refractivity contribution in [2.45, 2.75) is 18.9 Å². The monoisotopic (exact) mass is 258 g/mol. The molecule has 0 radical (unpaired) electrons. The van der Waals surface area contributed by atoms with Crippen LogP contribution in [0.2, 0.25) is 0 Å². The van der Waals surface area contributed by atoms with Gasteiger partial charge in [0.05, 0.1) is 6.10 Å². The van der Waals surface area contributed by atoms with Crippen molar-refractivity contribution in [1.82, 2.24) is 9.88 Å². The van der Waals surface area contributed by atoms with E-state index in [9.17, 15) is 9.90 Å². The summed E-state index contributed by atoms with van der Waals surface area (Å²) in [6.07, 6.45) is 3.24. The van der Waals surface area contributed by atoms with Crippen molar-refractivity contribution < 1.29 is 9.90 Å². The molecule has 1 aromatic heterocycles. The third-order valence-electron chi connectivity index (χ3n) is 3.70. The van der Waals surface area contributed by atoms with Crippen LogP contribution in [0.1, 0.15) is 24.5 Å². The Kier molecular flexibility index (Phi) is 3.03. The first-order valence-corrected chi connectivity index (χ1v) is 6.66. The van der Waals surface area contributed by atoms with E-state index in [4.69, 9.17) is 0 Å². The van der Waals surface area contributed by atoms with Crippen molar-refractivity contribution >= 4 is 16.8 Å². The lowest BCUT2D eigenvalue weighted by atomic mass is 10.1. The highest BCUT2D eigenvalue weighted by atomic mass is 16.3. The second-order valence-corrected chi connectivity index (χ2v) is 5.25. The van der Waals surface area contributed by atoms with Gasteiger partial charge in [-0.25, -0.2) is 0 Å². The molecule has 4 heteroatoms. The number of aromatic nitrogens is 1. The third kappa shape index (κ3) is 2.36. The Bertz CT molecular complexity index is 614. The number of hydrogen-bond acceptors (Lipinski definition) is 2. The van der Waals surface area contributed by atoms with E-state index in [1.165, 1.54) is 0 Å². The molecule has 1 unspecified atom stereocenters. The van der Waals surface area contributed by atoms with E-state index in [1.807, 2.05) is 42.1 Å². The standard InChI is InChI=1S/C15H18N2O2/c1-17-9-12(11-4-2-3-5-13(11)17)14(18)8-16-15(19)10-6-7-10/h2-5,9-10,14,18H,6-8H2,1H3,(H,16,19). The van der Waals surface area contributed by atoms with Crippen LogP contribution in [0, 0.1) is 5.92 Å². The zero-order valence-electron chi connectivity index (χ0n) is 11.0. The summed E-state index contributed by atoms with van der Waals surface area (Å²) in [7, 11) is 1.96. The van der Waals surface area contributed by atoms with Crippen LogP contribution >= 0.6 is 0 Å². The molecule has 1 aliphatic carbocycles. The molecule has 2 N–H and O–H groups in total. The second kappa shape index (κ2) is 4.70. The lowest BCUT2D eigenvalue weighted by Gasteiger charge is -2.11. The minimum Gasteiger partial charge on any atom is -0.386 e. The van der Waals surface area contributed by atoms with Crippen molar-refractivity contribution in [3.63, 3.8) is 0 Å². The quantitative estimate of drug-likeness (QED) is 0.877. The van der Waals surface area contributed by atoms with E-state index < -0.39 is 6.10 Å². The fourth-order valence-electron chi connectivity index (χ4n) is 2.44. The number of hydrogen-bond donors (Lipinski definition) is 2. The highest BCUT2D eigenvalue weighted by Crippen LogP contribution is 2.29. The first kappa shape index (κ1) is 12.2. The van der Waals surface area contributed by atoms with E-state index in [0.717, 1.165) is 29.3 Å². The van der Waals surface area contributed by atoms with Crippen LogP contribution in [-0.2, 0) is 11.8 Å². The van der Waals surface area contributed by atoms with Gasteiger partial charge in [0.2, 0.25) is 5.91 Å². The summed E-state index contributed by atoms with van der Waals surface area (Å²) in [5.41, 5.74) is 1.96. The summed E-state index contributed by atoms with van der Waals surface area (Å²) < 4.78 is 2.00. The van der Waals surface area contributed by atoms with Gasteiger partial charge >= 0.3 is 0 Å². The largest absolute Gasteiger partial charge is 0.386 e. The van der Waals surface area contributed by atoms with Crippen LogP contribution in [-0.4, -0.2) is 22.1 Å². The molecule has 2 aromatic rings. The van der Waals surface area contributed by atoms with Gasteiger partial charge in [0.25, 0.3) is 0 Å². The zero-order valence-corrected chi connectivity index (χ0v) is 11.0. The molecule has 1 saturated carbocycles. The molecule has 1 heterocycles. The van der Waals surface area contributed by atoms with E-state index in [1.54, 1.807) is 0 Å². The Morgan fingerprint density at radius 2 is 2.21 bits per heavy atom. The van der Waals surface area contributed by atoms with Crippen molar-refractivity contribution in [2.75, 3.05) is 6.54 Å². The number of aliphatic hydroxyl groups is 1. The number of rotatable bonds is 4. The molecule has 0 saturated heterocycles. The van der Waals surface area contributed by atoms with Crippen LogP contribution in [0.25, 0.3) is 10.9 Å². The topological polar surface area (TPSA) is 54.3 Å². The lowest BCUT2D eigenvalue weighted by Crippen LogP contribution is -2.29. The molecule has 4 nitrogen and oxygen atoms in total. The first-order valence-electron chi connectivity index (χ1n) is 6.66. The van der Waals surface area contributed by atoms with E-state index in [0.29, 0.717) is 0 Å². The molecule has 0 bridgehead atoms. The molecule has 1 amide bonds. The zero-order chi connectivity index (χ0) is 13.4. The molecule has 1 atom stereocenters. The van der Waals surface area contributed by atoms with Gasteiger partial charge in [0, 0.05) is 42.2 Å². The minimum absolute atomic E-state index is 0.0688. The summed E-state index contributed by atoms with van der Waals surface area (Å²) in [6, 6.07) is 7.96. The highest BCUT2D eigenvalue weighted by Gasteiger charge is 2.29. The van der Waals surface area contributed by atoms with Crippen LogP contribution in [0.5, 0.6) is 0 Å². The molecule has 0 spiro atoms. The van der Waals surface area contributed by atoms with E-state index in [2.05, 4.69) is 5.32 Å². The van der Waals surface area contributed by atoms with Gasteiger partial charge in [-0.3, -0.25) is 4.79 Å². The predicted octanol–water partition coefficient (Wildman–Crippen LogP) is 1.74. The Labute approximate surface area is 112 Å². The van der Waals surface area contributed by atoms with Gasteiger partial charge in [-0.15, -0.1) is 0 Å². The number of benzene rings is 1. The van der Waals surface area contributed by atoms with Crippen molar-refractivity contribution in [2.24, 2.45) is 13.0 Å². The average molecular weight is 258 g/mol. The molecule has 100 valence electrons. The van der Waals surface area contributed by atoms with Gasteiger partial charge < -0.3 is 15.0 Å². The Morgan fingerprint density at radius 1 is 1.47 bits per heavy atom. The maximum absolute atomic E-state index is 11.6. The number of carbonyl (C=O) groups is 1. The molecule has 1 fully saturated rings. The normalized spacial score (nSPS) is 16.5. The summed E-state index contributed by atoms with van der Waals surface area (Å²) in [5.74, 6) is 0.249. The smallest absolute Gasteiger partial charge is 0.223 e. The summed E-state index contributed by atoms with van der Waals surface area (Å²) in [4.78, 5) is 11.6. The second-order valence-electron chi connectivity index (χ2n) is 5.25. The lowest BCUT2D eigenvalue weighted by molar-refractivity contribution is -0.122. The molecule has 3 rings (SSSR count). The van der Waals surface area contributed by atoms with Crippen LogP contribution in [0.3, 0.4) is 0 Å². The summed E-state index contributed by atoms with van der Waals surface area (Å²) >= 11 is 0. The van der Waals surface area contributed by atoms with Crippen LogP contribution in [0.4, 0.5) is 0 Å². The van der Waals surface area contributed by atoms with Gasteiger partial charge in [0.15, 0.2) is 0 Å². The number of nitrogens with zero attached hydrogens (tertiary/aromatic N) is 1. The van der Waals surface area contributed by atoms with Crippen LogP contribution in [0.15, 0.2) is 30.5 Å². The summed E-state index contributed by atoms with van der Waals surface area (Å²) in [5, 5.41) is 14.1. The molecule has 1 aliphatic rings. The van der Waals surface area contributed by atoms with Gasteiger partial charge in [0.1, 0.15) is 0 Å². The SMILES string of the molecule is Cn1cc(C(O)CNC(=O)C2CC2)c2ccccc21. The number of carbonyl (C=O) groups excluding carboxylic acids is 1. The number of amides is 1. The maximum Gasteiger partial charge on any atom is 0.223 e. The number of fused-ring (bicyclic) bond motifs is 1. The van der Waals surface area contributed by atoms with Gasteiger partial charge in [-0.1, -0.05) is 18.2 Å². The fourth-order valence-corrected chi connectivity index (χ4v) is 2.44. The number of aryl methyl sites for hydroxylation is 1. The third-order valence-corrected chi connectivity index (χ3v) is 3.70. The Morgan fingerprint density at radius 3 is 2.95 bits per heavy atom. The molecule has 19 heavy (non-hydrogen) atoms. The van der Waals surface area contributed by atoms with Gasteiger partial charge in [-0.05, 0) is 18.9 Å². The van der Waals surface area contributed by atoms with Gasteiger partial charge in [-0.2, -0.15) is 0 Å². The summed E-state index contributed by atoms with van der Waals surface area (Å²) in [6.45, 7) is 0.281. The number of para-hydroxylation sites is 1. The molecular weight excluding hydrogens is 240 g/mol. The van der Waals surface area contributed by atoms with Crippen molar-refractivity contribution in [3.05, 3.63) is 36.0 Å². The predicted molar refractivity (Wildman–Crippen MR) is 73.6 cm³/mol. The molecular formula is C15H18N2O2. The maximum atomic E-state index is 11.6. The number of aliphatic hydroxyl groups excluding tert-OH is 1. The first-order chi connectivity index (χ1) is 9.16. The molecule has 1 aromatic carbocycles. The fraction of sp³-hybridized carbons (Fsp3) is 0.400.